The Kier molecular flexibility index (Phi) is 3.92. The van der Waals surface area contributed by atoms with E-state index in [0.29, 0.717) is 5.78 Å². The molecular weight excluding hydrogens is 196 g/mol. The molecule has 1 aliphatic carbocycles. The molecule has 1 fully saturated rings. The zero-order valence-electron chi connectivity index (χ0n) is 9.61. The normalized spacial score (nSPS) is 18.2. The highest BCUT2D eigenvalue weighted by Crippen LogP contribution is 2.21. The van der Waals surface area contributed by atoms with Crippen molar-refractivity contribution in [2.24, 2.45) is 0 Å². The molecule has 0 bridgehead atoms. The van der Waals surface area contributed by atoms with Crippen LogP contribution in [-0.2, 0) is 11.2 Å². The van der Waals surface area contributed by atoms with Crippen LogP contribution < -0.4 is 0 Å². The van der Waals surface area contributed by atoms with Crippen LogP contribution >= 0.6 is 0 Å². The van der Waals surface area contributed by atoms with Gasteiger partial charge in [-0.05, 0) is 43.2 Å². The van der Waals surface area contributed by atoms with E-state index < -0.39 is 0 Å². The minimum absolute atomic E-state index is 0.375. The lowest BCUT2D eigenvalue weighted by atomic mass is 10.1. The summed E-state index contributed by atoms with van der Waals surface area (Å²) in [4.78, 5) is 11.4. The van der Waals surface area contributed by atoms with E-state index in [4.69, 9.17) is 0 Å². The van der Waals surface area contributed by atoms with Crippen LogP contribution in [0.25, 0.3) is 0 Å². The third-order valence-corrected chi connectivity index (χ3v) is 3.11. The highest BCUT2D eigenvalue weighted by Gasteiger charge is 2.15. The molecule has 0 saturated heterocycles. The van der Waals surface area contributed by atoms with Crippen LogP contribution in [0.5, 0.6) is 0 Å². The van der Waals surface area contributed by atoms with E-state index >= 15 is 0 Å². The first-order chi connectivity index (χ1) is 7.86. The summed E-state index contributed by atoms with van der Waals surface area (Å²) in [5.74, 6) is 0.375. The van der Waals surface area contributed by atoms with Crippen molar-refractivity contribution in [3.63, 3.8) is 0 Å². The number of Topliss-reactive ketones (excluding diaryl/α,β-unsaturated/α-hetero) is 1. The highest BCUT2D eigenvalue weighted by molar-refractivity contribution is 5.97. The Morgan fingerprint density at radius 1 is 1.12 bits per heavy atom. The maximum absolute atomic E-state index is 11.4. The number of carbonyl (C=O) groups is 1. The van der Waals surface area contributed by atoms with E-state index in [1.807, 2.05) is 6.07 Å². The van der Waals surface area contributed by atoms with Crippen molar-refractivity contribution in [1.82, 2.24) is 0 Å². The van der Waals surface area contributed by atoms with Gasteiger partial charge in [0.15, 0.2) is 5.78 Å². The summed E-state index contributed by atoms with van der Waals surface area (Å²) in [5, 5.41) is 0. The van der Waals surface area contributed by atoms with Gasteiger partial charge in [-0.15, -0.1) is 0 Å². The van der Waals surface area contributed by atoms with E-state index in [2.05, 4.69) is 30.3 Å². The third-order valence-electron chi connectivity index (χ3n) is 3.11. The average molecular weight is 214 g/mol. The summed E-state index contributed by atoms with van der Waals surface area (Å²) in [7, 11) is 0. The molecule has 1 nitrogen and oxygen atoms in total. The minimum atomic E-state index is 0.375. The Hall–Kier alpha value is -1.37. The standard InChI is InChI=1S/C15H18O/c16-15-12-6-11-14(15)10-5-4-9-13-7-2-1-3-8-13/h1-3,7-8,10H,4-6,9,11-12H2/b14-10-. The summed E-state index contributed by atoms with van der Waals surface area (Å²) < 4.78 is 0. The second-order valence-electron chi connectivity index (χ2n) is 4.38. The Balaban J connectivity index is 1.75. The zero-order valence-corrected chi connectivity index (χ0v) is 9.61. The largest absolute Gasteiger partial charge is 0.295 e. The Morgan fingerprint density at radius 3 is 2.62 bits per heavy atom. The molecule has 0 radical (unpaired) electrons. The van der Waals surface area contributed by atoms with E-state index in [1.54, 1.807) is 0 Å². The van der Waals surface area contributed by atoms with Gasteiger partial charge in [-0.2, -0.15) is 0 Å². The Labute approximate surface area is 97.2 Å². The fourth-order valence-electron chi connectivity index (χ4n) is 2.18. The maximum atomic E-state index is 11.4. The molecule has 0 N–H and O–H groups in total. The molecule has 0 unspecified atom stereocenters. The van der Waals surface area contributed by atoms with Gasteiger partial charge in [0.2, 0.25) is 0 Å². The van der Waals surface area contributed by atoms with Crippen LogP contribution in [0.3, 0.4) is 0 Å². The number of hydrogen-bond acceptors (Lipinski definition) is 1. The first kappa shape index (κ1) is 11.1. The summed E-state index contributed by atoms with van der Waals surface area (Å²) in [6.45, 7) is 0. The van der Waals surface area contributed by atoms with Gasteiger partial charge in [0.25, 0.3) is 0 Å². The van der Waals surface area contributed by atoms with Crippen LogP contribution in [0.2, 0.25) is 0 Å². The highest BCUT2D eigenvalue weighted by atomic mass is 16.1. The van der Waals surface area contributed by atoms with Gasteiger partial charge in [-0.3, -0.25) is 4.79 Å². The maximum Gasteiger partial charge on any atom is 0.158 e. The Morgan fingerprint density at radius 2 is 1.94 bits per heavy atom. The van der Waals surface area contributed by atoms with Crippen molar-refractivity contribution in [2.45, 2.75) is 38.5 Å². The molecule has 1 saturated carbocycles. The average Bonchev–Trinajstić information content (AvgIpc) is 2.72. The van der Waals surface area contributed by atoms with Crippen LogP contribution in [-0.4, -0.2) is 5.78 Å². The number of rotatable bonds is 4. The quantitative estimate of drug-likeness (QED) is 0.552. The fourth-order valence-corrected chi connectivity index (χ4v) is 2.18. The van der Waals surface area contributed by atoms with E-state index in [-0.39, 0.29) is 0 Å². The second kappa shape index (κ2) is 5.64. The topological polar surface area (TPSA) is 17.1 Å². The van der Waals surface area contributed by atoms with Crippen molar-refractivity contribution < 1.29 is 4.79 Å². The second-order valence-corrected chi connectivity index (χ2v) is 4.38. The third kappa shape index (κ3) is 3.06. The number of aryl methyl sites for hydroxylation is 1. The summed E-state index contributed by atoms with van der Waals surface area (Å²) in [6, 6.07) is 10.5. The van der Waals surface area contributed by atoms with Gasteiger partial charge in [0, 0.05) is 6.42 Å². The predicted octanol–water partition coefficient (Wildman–Crippen LogP) is 3.69. The predicted molar refractivity (Wildman–Crippen MR) is 66.3 cm³/mol. The summed E-state index contributed by atoms with van der Waals surface area (Å²) >= 11 is 0. The van der Waals surface area contributed by atoms with Crippen LogP contribution in [0.4, 0.5) is 0 Å². The van der Waals surface area contributed by atoms with Crippen LogP contribution in [0.1, 0.15) is 37.7 Å². The van der Waals surface area contributed by atoms with Crippen molar-refractivity contribution in [3.05, 3.63) is 47.5 Å². The lowest BCUT2D eigenvalue weighted by Crippen LogP contribution is -1.91. The number of hydrogen-bond donors (Lipinski definition) is 0. The van der Waals surface area contributed by atoms with Crippen molar-refractivity contribution in [3.8, 4) is 0 Å². The van der Waals surface area contributed by atoms with Gasteiger partial charge >= 0.3 is 0 Å². The molecule has 0 atom stereocenters. The van der Waals surface area contributed by atoms with Gasteiger partial charge in [-0.25, -0.2) is 0 Å². The monoisotopic (exact) mass is 214 g/mol. The molecule has 1 aromatic rings. The molecule has 1 heteroatoms. The molecule has 16 heavy (non-hydrogen) atoms. The Bertz CT molecular complexity index is 376. The summed E-state index contributed by atoms with van der Waals surface area (Å²) in [6.07, 6.45) is 8.27. The van der Waals surface area contributed by atoms with E-state index in [0.717, 1.165) is 44.1 Å². The molecule has 0 heterocycles. The zero-order chi connectivity index (χ0) is 11.2. The molecule has 2 rings (SSSR count). The smallest absolute Gasteiger partial charge is 0.158 e. The molecule has 1 aliphatic rings. The molecule has 1 aromatic carbocycles. The molecule has 0 aromatic heterocycles. The lowest BCUT2D eigenvalue weighted by molar-refractivity contribution is -0.114. The van der Waals surface area contributed by atoms with Gasteiger partial charge < -0.3 is 0 Å². The molecule has 0 aliphatic heterocycles. The summed E-state index contributed by atoms with van der Waals surface area (Å²) in [5.41, 5.74) is 2.46. The van der Waals surface area contributed by atoms with Crippen LogP contribution in [0, 0.1) is 0 Å². The lowest BCUT2D eigenvalue weighted by Gasteiger charge is -1.99. The molecule has 0 amide bonds. The number of benzene rings is 1. The van der Waals surface area contributed by atoms with Gasteiger partial charge in [0.05, 0.1) is 0 Å². The van der Waals surface area contributed by atoms with E-state index in [1.165, 1.54) is 5.56 Å². The minimum Gasteiger partial charge on any atom is -0.295 e. The van der Waals surface area contributed by atoms with Crippen LogP contribution in [0.15, 0.2) is 42.0 Å². The number of carbonyl (C=O) groups excluding carboxylic acids is 1. The van der Waals surface area contributed by atoms with E-state index in [9.17, 15) is 4.79 Å². The fraction of sp³-hybridized carbons (Fsp3) is 0.400. The van der Waals surface area contributed by atoms with Crippen molar-refractivity contribution >= 4 is 5.78 Å². The SMILES string of the molecule is O=C1CCC/C1=C/CCCc1ccccc1. The molecular formula is C15H18O. The molecule has 0 spiro atoms. The van der Waals surface area contributed by atoms with Gasteiger partial charge in [-0.1, -0.05) is 36.4 Å². The number of allylic oxidation sites excluding steroid dienone is 2. The van der Waals surface area contributed by atoms with Crippen molar-refractivity contribution in [2.75, 3.05) is 0 Å². The first-order valence-corrected chi connectivity index (χ1v) is 6.12. The van der Waals surface area contributed by atoms with Gasteiger partial charge in [0.1, 0.15) is 0 Å². The first-order valence-electron chi connectivity index (χ1n) is 6.12. The number of unbranched alkanes of at least 4 members (excludes halogenated alkanes) is 1. The molecule has 84 valence electrons. The van der Waals surface area contributed by atoms with Crippen molar-refractivity contribution in [1.29, 1.82) is 0 Å². The number of ketones is 1.